The fourth-order valence-corrected chi connectivity index (χ4v) is 2.20. The molecule has 7 heteroatoms. The Morgan fingerprint density at radius 3 is 2.60 bits per heavy atom. The van der Waals surface area contributed by atoms with E-state index in [1.54, 1.807) is 18.3 Å². The van der Waals surface area contributed by atoms with Gasteiger partial charge in [-0.15, -0.1) is 24.8 Å². The SMILES string of the molecule is CCNCc1cccc(NC(=O)c2cccnc2NC(C)C)c1.Cl.Cl. The highest BCUT2D eigenvalue weighted by Gasteiger charge is 2.13. The zero-order chi connectivity index (χ0) is 16.7. The zero-order valence-corrected chi connectivity index (χ0v) is 16.3. The second-order valence-corrected chi connectivity index (χ2v) is 5.63. The Labute approximate surface area is 161 Å². The van der Waals surface area contributed by atoms with Crippen LogP contribution in [0, 0.1) is 0 Å². The molecule has 2 rings (SSSR count). The van der Waals surface area contributed by atoms with Crippen molar-refractivity contribution < 1.29 is 4.79 Å². The molecular formula is C18H26Cl2N4O. The lowest BCUT2D eigenvalue weighted by Gasteiger charge is -2.13. The molecule has 0 aliphatic rings. The summed E-state index contributed by atoms with van der Waals surface area (Å²) in [7, 11) is 0. The molecular weight excluding hydrogens is 359 g/mol. The Morgan fingerprint density at radius 2 is 1.92 bits per heavy atom. The molecule has 1 aromatic carbocycles. The van der Waals surface area contributed by atoms with Crippen molar-refractivity contribution in [2.45, 2.75) is 33.4 Å². The minimum Gasteiger partial charge on any atom is -0.367 e. The van der Waals surface area contributed by atoms with Crippen molar-refractivity contribution in [1.82, 2.24) is 10.3 Å². The van der Waals surface area contributed by atoms with Crippen molar-refractivity contribution in [2.75, 3.05) is 17.2 Å². The number of carbonyl (C=O) groups is 1. The molecule has 5 nitrogen and oxygen atoms in total. The monoisotopic (exact) mass is 384 g/mol. The standard InChI is InChI=1S/C18H24N4O.2ClH/c1-4-19-12-14-7-5-8-15(11-14)22-18(23)16-9-6-10-20-17(16)21-13(2)3;;/h5-11,13,19H,4,12H2,1-3H3,(H,20,21)(H,22,23);2*1H. The van der Waals surface area contributed by atoms with E-state index in [0.29, 0.717) is 11.4 Å². The number of nitrogens with zero attached hydrogens (tertiary/aromatic N) is 1. The van der Waals surface area contributed by atoms with E-state index in [-0.39, 0.29) is 36.8 Å². The molecule has 0 spiro atoms. The van der Waals surface area contributed by atoms with E-state index in [1.807, 2.05) is 38.1 Å². The predicted octanol–water partition coefficient (Wildman–Crippen LogP) is 4.11. The Hall–Kier alpha value is -1.82. The van der Waals surface area contributed by atoms with Crippen molar-refractivity contribution in [1.29, 1.82) is 0 Å². The van der Waals surface area contributed by atoms with E-state index < -0.39 is 0 Å². The van der Waals surface area contributed by atoms with Gasteiger partial charge in [0.1, 0.15) is 5.82 Å². The molecule has 0 aliphatic heterocycles. The topological polar surface area (TPSA) is 66.0 Å². The van der Waals surface area contributed by atoms with Gasteiger partial charge >= 0.3 is 0 Å². The number of anilines is 2. The van der Waals surface area contributed by atoms with Crippen molar-refractivity contribution in [3.05, 3.63) is 53.7 Å². The quantitative estimate of drug-likeness (QED) is 0.671. The third-order valence-electron chi connectivity index (χ3n) is 3.24. The predicted molar refractivity (Wildman–Crippen MR) is 109 cm³/mol. The molecule has 3 N–H and O–H groups in total. The summed E-state index contributed by atoms with van der Waals surface area (Å²) in [6, 6.07) is 11.6. The molecule has 0 saturated heterocycles. The lowest BCUT2D eigenvalue weighted by atomic mass is 10.1. The lowest BCUT2D eigenvalue weighted by molar-refractivity contribution is 0.102. The molecule has 25 heavy (non-hydrogen) atoms. The average molecular weight is 385 g/mol. The highest BCUT2D eigenvalue weighted by atomic mass is 35.5. The summed E-state index contributed by atoms with van der Waals surface area (Å²) in [5.41, 5.74) is 2.46. The van der Waals surface area contributed by atoms with Crippen molar-refractivity contribution >= 4 is 42.2 Å². The van der Waals surface area contributed by atoms with Crippen LogP contribution in [-0.4, -0.2) is 23.5 Å². The van der Waals surface area contributed by atoms with E-state index in [4.69, 9.17) is 0 Å². The van der Waals surface area contributed by atoms with Gasteiger partial charge in [-0.05, 0) is 50.2 Å². The highest BCUT2D eigenvalue weighted by Crippen LogP contribution is 2.16. The first-order valence-electron chi connectivity index (χ1n) is 7.92. The molecule has 0 radical (unpaired) electrons. The molecule has 1 amide bonds. The summed E-state index contributed by atoms with van der Waals surface area (Å²) >= 11 is 0. The molecule has 1 heterocycles. The Bertz CT molecular complexity index is 665. The number of carbonyl (C=O) groups excluding carboxylic acids is 1. The first-order valence-corrected chi connectivity index (χ1v) is 7.92. The van der Waals surface area contributed by atoms with Crippen LogP contribution >= 0.6 is 24.8 Å². The van der Waals surface area contributed by atoms with Gasteiger partial charge in [0.2, 0.25) is 0 Å². The van der Waals surface area contributed by atoms with Crippen LogP contribution in [-0.2, 0) is 6.54 Å². The third-order valence-corrected chi connectivity index (χ3v) is 3.24. The van der Waals surface area contributed by atoms with Gasteiger partial charge in [0.25, 0.3) is 5.91 Å². The van der Waals surface area contributed by atoms with Gasteiger partial charge in [0, 0.05) is 24.5 Å². The van der Waals surface area contributed by atoms with Gasteiger partial charge in [-0.3, -0.25) is 4.79 Å². The molecule has 0 bridgehead atoms. The Kier molecular flexibility index (Phi) is 10.8. The smallest absolute Gasteiger partial charge is 0.259 e. The largest absolute Gasteiger partial charge is 0.367 e. The summed E-state index contributed by atoms with van der Waals surface area (Å²) < 4.78 is 0. The highest BCUT2D eigenvalue weighted by molar-refractivity contribution is 6.07. The maximum Gasteiger partial charge on any atom is 0.259 e. The normalized spacial score (nSPS) is 9.76. The zero-order valence-electron chi connectivity index (χ0n) is 14.7. The number of hydrogen-bond acceptors (Lipinski definition) is 4. The Balaban J connectivity index is 0.00000288. The van der Waals surface area contributed by atoms with Gasteiger partial charge in [-0.2, -0.15) is 0 Å². The number of aromatic nitrogens is 1. The van der Waals surface area contributed by atoms with Crippen LogP contribution in [0.25, 0.3) is 0 Å². The van der Waals surface area contributed by atoms with Crippen LogP contribution < -0.4 is 16.0 Å². The number of amides is 1. The molecule has 0 unspecified atom stereocenters. The minimum atomic E-state index is -0.165. The van der Waals surface area contributed by atoms with Crippen molar-refractivity contribution in [3.8, 4) is 0 Å². The molecule has 1 aromatic heterocycles. The minimum absolute atomic E-state index is 0. The van der Waals surface area contributed by atoms with Crippen molar-refractivity contribution in [2.24, 2.45) is 0 Å². The van der Waals surface area contributed by atoms with Crippen LogP contribution in [0.5, 0.6) is 0 Å². The van der Waals surface area contributed by atoms with E-state index in [9.17, 15) is 4.79 Å². The van der Waals surface area contributed by atoms with E-state index in [0.717, 1.165) is 24.3 Å². The molecule has 2 aromatic rings. The second kappa shape index (κ2) is 11.7. The average Bonchev–Trinajstić information content (AvgIpc) is 2.53. The maximum atomic E-state index is 12.5. The van der Waals surface area contributed by atoms with E-state index in [2.05, 4.69) is 27.9 Å². The van der Waals surface area contributed by atoms with Gasteiger partial charge in [-0.1, -0.05) is 19.1 Å². The van der Waals surface area contributed by atoms with Gasteiger partial charge in [0.05, 0.1) is 5.56 Å². The number of hydrogen-bond donors (Lipinski definition) is 3. The summed E-state index contributed by atoms with van der Waals surface area (Å²) in [5.74, 6) is 0.436. The number of nitrogens with one attached hydrogen (secondary N) is 3. The number of benzene rings is 1. The van der Waals surface area contributed by atoms with Crippen molar-refractivity contribution in [3.63, 3.8) is 0 Å². The molecule has 0 atom stereocenters. The Morgan fingerprint density at radius 1 is 1.16 bits per heavy atom. The van der Waals surface area contributed by atoms with Crippen LogP contribution in [0.15, 0.2) is 42.6 Å². The second-order valence-electron chi connectivity index (χ2n) is 5.63. The number of pyridine rings is 1. The maximum absolute atomic E-state index is 12.5. The fourth-order valence-electron chi connectivity index (χ4n) is 2.20. The summed E-state index contributed by atoms with van der Waals surface area (Å²) in [4.78, 5) is 16.8. The van der Waals surface area contributed by atoms with E-state index in [1.165, 1.54) is 0 Å². The molecule has 0 aliphatic carbocycles. The number of halogens is 2. The molecule has 0 fully saturated rings. The molecule has 138 valence electrons. The fraction of sp³-hybridized carbons (Fsp3) is 0.333. The van der Waals surface area contributed by atoms with Crippen LogP contribution in [0.1, 0.15) is 36.7 Å². The van der Waals surface area contributed by atoms with Crippen LogP contribution in [0.2, 0.25) is 0 Å². The number of rotatable bonds is 7. The lowest BCUT2D eigenvalue weighted by Crippen LogP contribution is -2.19. The van der Waals surface area contributed by atoms with Gasteiger partial charge in [-0.25, -0.2) is 4.98 Å². The molecule has 0 saturated carbocycles. The summed E-state index contributed by atoms with van der Waals surface area (Å²) in [5, 5.41) is 9.41. The summed E-state index contributed by atoms with van der Waals surface area (Å²) in [6.45, 7) is 7.79. The van der Waals surface area contributed by atoms with E-state index >= 15 is 0 Å². The van der Waals surface area contributed by atoms with Gasteiger partial charge < -0.3 is 16.0 Å². The van der Waals surface area contributed by atoms with Crippen LogP contribution in [0.3, 0.4) is 0 Å². The summed E-state index contributed by atoms with van der Waals surface area (Å²) in [6.07, 6.45) is 1.68. The first kappa shape index (κ1) is 23.2. The third kappa shape index (κ3) is 7.30. The first-order chi connectivity index (χ1) is 11.1. The van der Waals surface area contributed by atoms with Gasteiger partial charge in [0.15, 0.2) is 0 Å². The van der Waals surface area contributed by atoms with Crippen LogP contribution in [0.4, 0.5) is 11.5 Å².